The van der Waals surface area contributed by atoms with Gasteiger partial charge in [-0.05, 0) is 30.9 Å². The van der Waals surface area contributed by atoms with Gasteiger partial charge in [0.15, 0.2) is 0 Å². The molecule has 0 bridgehead atoms. The number of rotatable bonds is 7. The average molecular weight is 313 g/mol. The summed E-state index contributed by atoms with van der Waals surface area (Å²) in [5.41, 5.74) is 6.86. The first-order valence-corrected chi connectivity index (χ1v) is 6.97. The molecule has 0 heterocycles. The number of carbonyl (C=O) groups is 2. The summed E-state index contributed by atoms with van der Waals surface area (Å²) in [5, 5.41) is 3.11. The van der Waals surface area contributed by atoms with E-state index >= 15 is 0 Å². The van der Waals surface area contributed by atoms with Crippen molar-refractivity contribution in [2.75, 3.05) is 11.9 Å². The Morgan fingerprint density at radius 3 is 2.61 bits per heavy atom. The Balaban J connectivity index is 2.35. The zero-order chi connectivity index (χ0) is 13.4. The van der Waals surface area contributed by atoms with Crippen molar-refractivity contribution in [3.05, 3.63) is 35.4 Å². The van der Waals surface area contributed by atoms with E-state index in [9.17, 15) is 9.59 Å². The van der Waals surface area contributed by atoms with Gasteiger partial charge in [0, 0.05) is 12.1 Å². The lowest BCUT2D eigenvalue weighted by Gasteiger charge is -2.06. The van der Waals surface area contributed by atoms with E-state index in [0.29, 0.717) is 17.4 Å². The summed E-state index contributed by atoms with van der Waals surface area (Å²) < 4.78 is 0. The maximum atomic E-state index is 11.2. The largest absolute Gasteiger partial charge is 0.366 e. The number of benzene rings is 1. The van der Waals surface area contributed by atoms with E-state index in [1.807, 2.05) is 12.1 Å². The number of nitrogens with one attached hydrogen (secondary N) is 1. The van der Waals surface area contributed by atoms with Gasteiger partial charge in [0.1, 0.15) is 0 Å². The summed E-state index contributed by atoms with van der Waals surface area (Å²) >= 11 is 3.08. The second-order valence-electron chi connectivity index (χ2n) is 3.96. The average Bonchev–Trinajstić information content (AvgIpc) is 2.38. The van der Waals surface area contributed by atoms with E-state index < -0.39 is 5.91 Å². The van der Waals surface area contributed by atoms with E-state index in [1.165, 1.54) is 0 Å². The number of amides is 2. The molecule has 2 amide bonds. The molecule has 1 aromatic carbocycles. The maximum Gasteiger partial charge on any atom is 0.248 e. The van der Waals surface area contributed by atoms with Gasteiger partial charge in [0.05, 0.1) is 5.33 Å². The van der Waals surface area contributed by atoms with E-state index in [-0.39, 0.29) is 5.91 Å². The van der Waals surface area contributed by atoms with Crippen LogP contribution in [0.2, 0.25) is 0 Å². The molecule has 0 saturated carbocycles. The fourth-order valence-corrected chi connectivity index (χ4v) is 1.89. The summed E-state index contributed by atoms with van der Waals surface area (Å²) in [5.74, 6) is -0.397. The molecular weight excluding hydrogens is 296 g/mol. The second-order valence-corrected chi connectivity index (χ2v) is 4.52. The number of carbonyl (C=O) groups excluding carboxylic acids is 2. The van der Waals surface area contributed by atoms with Crippen LogP contribution in [0.1, 0.15) is 28.8 Å². The number of alkyl halides is 1. The highest BCUT2D eigenvalue weighted by atomic mass is 79.9. The minimum atomic E-state index is -0.391. The third-order valence-corrected chi connectivity index (χ3v) is 3.11. The molecule has 5 heteroatoms. The third kappa shape index (κ3) is 4.87. The van der Waals surface area contributed by atoms with Crippen LogP contribution in [0.4, 0.5) is 0 Å². The van der Waals surface area contributed by atoms with Crippen LogP contribution in [0.15, 0.2) is 24.3 Å². The molecule has 0 spiro atoms. The van der Waals surface area contributed by atoms with Crippen molar-refractivity contribution in [1.82, 2.24) is 5.32 Å². The lowest BCUT2D eigenvalue weighted by molar-refractivity contribution is -0.118. The molecular formula is C13H17BrN2O2. The van der Waals surface area contributed by atoms with Crippen molar-refractivity contribution in [2.45, 2.75) is 19.3 Å². The maximum absolute atomic E-state index is 11.2. The Bertz CT molecular complexity index is 421. The molecule has 0 fully saturated rings. The number of nitrogens with two attached hydrogens (primary N) is 1. The molecule has 18 heavy (non-hydrogen) atoms. The van der Waals surface area contributed by atoms with Gasteiger partial charge in [-0.1, -0.05) is 34.1 Å². The molecule has 98 valence electrons. The summed E-state index contributed by atoms with van der Waals surface area (Å²) in [6.45, 7) is 0.656. The normalized spacial score (nSPS) is 10.1. The molecule has 0 radical (unpaired) electrons. The highest BCUT2D eigenvalue weighted by Crippen LogP contribution is 2.11. The number of halogens is 1. The van der Waals surface area contributed by atoms with Crippen LogP contribution in [0.3, 0.4) is 0 Å². The first-order chi connectivity index (χ1) is 8.65. The Kier molecular flexibility index (Phi) is 6.43. The van der Waals surface area contributed by atoms with Crippen LogP contribution < -0.4 is 11.1 Å². The highest BCUT2D eigenvalue weighted by Gasteiger charge is 2.06. The first-order valence-electron chi connectivity index (χ1n) is 5.85. The van der Waals surface area contributed by atoms with Crippen molar-refractivity contribution in [3.63, 3.8) is 0 Å². The van der Waals surface area contributed by atoms with Gasteiger partial charge in [-0.2, -0.15) is 0 Å². The fraction of sp³-hybridized carbons (Fsp3) is 0.385. The lowest BCUT2D eigenvalue weighted by Crippen LogP contribution is -2.25. The molecule has 0 saturated heterocycles. The van der Waals surface area contributed by atoms with Gasteiger partial charge in [0.2, 0.25) is 11.8 Å². The SMILES string of the molecule is NC(=O)c1ccccc1CCCCNC(=O)CBr. The molecule has 4 nitrogen and oxygen atoms in total. The number of unbranched alkanes of at least 4 members (excludes halogenated alkanes) is 1. The van der Waals surface area contributed by atoms with Gasteiger partial charge in [-0.15, -0.1) is 0 Å². The molecule has 3 N–H and O–H groups in total. The second kappa shape index (κ2) is 7.87. The Morgan fingerprint density at radius 2 is 1.94 bits per heavy atom. The monoisotopic (exact) mass is 312 g/mol. The smallest absolute Gasteiger partial charge is 0.248 e. The summed E-state index contributed by atoms with van der Waals surface area (Å²) in [7, 11) is 0. The molecule has 0 aliphatic rings. The predicted octanol–water partition coefficient (Wildman–Crippen LogP) is 1.62. The molecule has 0 aromatic heterocycles. The highest BCUT2D eigenvalue weighted by molar-refractivity contribution is 9.09. The van der Waals surface area contributed by atoms with Gasteiger partial charge in [-0.3, -0.25) is 9.59 Å². The van der Waals surface area contributed by atoms with E-state index in [4.69, 9.17) is 5.73 Å². The van der Waals surface area contributed by atoms with Crippen molar-refractivity contribution in [3.8, 4) is 0 Å². The van der Waals surface area contributed by atoms with Crippen LogP contribution in [0.25, 0.3) is 0 Å². The minimum Gasteiger partial charge on any atom is -0.366 e. The lowest BCUT2D eigenvalue weighted by atomic mass is 10.0. The van der Waals surface area contributed by atoms with Crippen LogP contribution in [-0.2, 0) is 11.2 Å². The first kappa shape index (κ1) is 14.7. The van der Waals surface area contributed by atoms with Crippen molar-refractivity contribution in [2.24, 2.45) is 5.73 Å². The number of aryl methyl sites for hydroxylation is 1. The predicted molar refractivity (Wildman–Crippen MR) is 74.7 cm³/mol. The quantitative estimate of drug-likeness (QED) is 0.593. The Labute approximate surface area is 115 Å². The molecule has 0 unspecified atom stereocenters. The van der Waals surface area contributed by atoms with Gasteiger partial charge in [-0.25, -0.2) is 0 Å². The van der Waals surface area contributed by atoms with Crippen molar-refractivity contribution >= 4 is 27.7 Å². The molecule has 0 aliphatic heterocycles. The number of hydrogen-bond donors (Lipinski definition) is 2. The van der Waals surface area contributed by atoms with E-state index in [0.717, 1.165) is 24.8 Å². The van der Waals surface area contributed by atoms with Crippen molar-refractivity contribution < 1.29 is 9.59 Å². The van der Waals surface area contributed by atoms with Gasteiger partial charge < -0.3 is 11.1 Å². The number of hydrogen-bond acceptors (Lipinski definition) is 2. The van der Waals surface area contributed by atoms with E-state index in [2.05, 4.69) is 21.2 Å². The molecule has 0 atom stereocenters. The zero-order valence-corrected chi connectivity index (χ0v) is 11.7. The zero-order valence-electron chi connectivity index (χ0n) is 10.1. The minimum absolute atomic E-state index is 0.00691. The van der Waals surface area contributed by atoms with Crippen LogP contribution in [-0.4, -0.2) is 23.7 Å². The summed E-state index contributed by atoms with van der Waals surface area (Å²) in [6, 6.07) is 7.36. The van der Waals surface area contributed by atoms with Gasteiger partial charge in [0.25, 0.3) is 0 Å². The molecule has 1 rings (SSSR count). The van der Waals surface area contributed by atoms with Crippen molar-refractivity contribution in [1.29, 1.82) is 0 Å². The summed E-state index contributed by atoms with van der Waals surface area (Å²) in [6.07, 6.45) is 2.59. The Hall–Kier alpha value is -1.36. The van der Waals surface area contributed by atoms with Crippen LogP contribution in [0.5, 0.6) is 0 Å². The standard InChI is InChI=1S/C13H17BrN2O2/c14-9-12(17)16-8-4-3-6-10-5-1-2-7-11(10)13(15)18/h1-2,5,7H,3-4,6,8-9H2,(H2,15,18)(H,16,17). The molecule has 1 aromatic rings. The number of primary amides is 1. The Morgan fingerprint density at radius 1 is 1.22 bits per heavy atom. The fourth-order valence-electron chi connectivity index (χ4n) is 1.69. The van der Waals surface area contributed by atoms with Crippen LogP contribution in [0, 0.1) is 0 Å². The van der Waals surface area contributed by atoms with Gasteiger partial charge >= 0.3 is 0 Å². The van der Waals surface area contributed by atoms with Crippen LogP contribution >= 0.6 is 15.9 Å². The third-order valence-electron chi connectivity index (χ3n) is 2.60. The topological polar surface area (TPSA) is 72.2 Å². The molecule has 0 aliphatic carbocycles. The van der Waals surface area contributed by atoms with E-state index in [1.54, 1.807) is 12.1 Å². The summed E-state index contributed by atoms with van der Waals surface area (Å²) in [4.78, 5) is 22.2.